The standard InChI is InChI=1S/C15H27N5O/c1-4-11-5-7-12(8-6-11)20(2)15-9-13(19-16)17-14(18-15)10-21-3/h9,11-12H,4-8,10,16H2,1-3H3,(H,17,18,19). The molecule has 0 aliphatic heterocycles. The molecule has 6 heteroatoms. The van der Waals surface area contributed by atoms with Gasteiger partial charge in [-0.1, -0.05) is 13.3 Å². The fourth-order valence-electron chi connectivity index (χ4n) is 3.06. The summed E-state index contributed by atoms with van der Waals surface area (Å²) in [6, 6.07) is 2.44. The van der Waals surface area contributed by atoms with Crippen LogP contribution in [0.3, 0.4) is 0 Å². The van der Waals surface area contributed by atoms with E-state index in [1.807, 2.05) is 6.07 Å². The Kier molecular flexibility index (Phi) is 5.76. The first-order valence-corrected chi connectivity index (χ1v) is 7.74. The van der Waals surface area contributed by atoms with Crippen LogP contribution in [0.2, 0.25) is 0 Å². The zero-order chi connectivity index (χ0) is 15.2. The van der Waals surface area contributed by atoms with Crippen LogP contribution in [0, 0.1) is 5.92 Å². The van der Waals surface area contributed by atoms with Crippen LogP contribution in [0.1, 0.15) is 44.9 Å². The fraction of sp³-hybridized carbons (Fsp3) is 0.733. The lowest BCUT2D eigenvalue weighted by molar-refractivity contribution is 0.178. The minimum atomic E-state index is 0.388. The normalized spacial score (nSPS) is 22.1. The molecule has 118 valence electrons. The van der Waals surface area contributed by atoms with Crippen molar-refractivity contribution in [1.29, 1.82) is 0 Å². The Hall–Kier alpha value is -1.40. The Balaban J connectivity index is 2.10. The van der Waals surface area contributed by atoms with Crippen molar-refractivity contribution in [3.63, 3.8) is 0 Å². The van der Waals surface area contributed by atoms with Gasteiger partial charge in [-0.25, -0.2) is 15.8 Å². The average molecular weight is 293 g/mol. The number of anilines is 2. The summed E-state index contributed by atoms with van der Waals surface area (Å²) in [6.45, 7) is 2.67. The molecule has 3 N–H and O–H groups in total. The maximum atomic E-state index is 5.50. The van der Waals surface area contributed by atoms with Crippen molar-refractivity contribution < 1.29 is 4.74 Å². The van der Waals surface area contributed by atoms with Gasteiger partial charge in [0.1, 0.15) is 18.2 Å². The number of hydrazine groups is 1. The third-order valence-corrected chi connectivity index (χ3v) is 4.48. The number of nitrogens with two attached hydrogens (primary N) is 1. The van der Waals surface area contributed by atoms with Crippen molar-refractivity contribution in [2.24, 2.45) is 11.8 Å². The predicted molar refractivity (Wildman–Crippen MR) is 85.0 cm³/mol. The number of nitrogens with zero attached hydrogens (tertiary/aromatic N) is 3. The molecule has 0 spiro atoms. The molecular formula is C15H27N5O. The predicted octanol–water partition coefficient (Wildman–Crippen LogP) is 2.31. The number of methoxy groups -OCH3 is 1. The van der Waals surface area contributed by atoms with E-state index < -0.39 is 0 Å². The SMILES string of the molecule is CCC1CCC(N(C)c2cc(NN)nc(COC)n2)CC1. The van der Waals surface area contributed by atoms with Crippen LogP contribution in [-0.2, 0) is 11.3 Å². The van der Waals surface area contributed by atoms with E-state index in [0.717, 1.165) is 11.7 Å². The van der Waals surface area contributed by atoms with E-state index in [1.165, 1.54) is 32.1 Å². The molecule has 1 heterocycles. The molecule has 0 aromatic carbocycles. The Labute approximate surface area is 127 Å². The van der Waals surface area contributed by atoms with E-state index >= 15 is 0 Å². The second-order valence-electron chi connectivity index (χ2n) is 5.80. The highest BCUT2D eigenvalue weighted by atomic mass is 16.5. The van der Waals surface area contributed by atoms with Crippen LogP contribution in [0.5, 0.6) is 0 Å². The number of rotatable bonds is 6. The van der Waals surface area contributed by atoms with Crippen LogP contribution in [0.15, 0.2) is 6.07 Å². The van der Waals surface area contributed by atoms with Gasteiger partial charge < -0.3 is 15.1 Å². The molecule has 0 amide bonds. The highest BCUT2D eigenvalue weighted by Gasteiger charge is 2.24. The van der Waals surface area contributed by atoms with Crippen molar-refractivity contribution in [3.8, 4) is 0 Å². The lowest BCUT2D eigenvalue weighted by atomic mass is 9.84. The van der Waals surface area contributed by atoms with Crippen LogP contribution in [0.4, 0.5) is 11.6 Å². The van der Waals surface area contributed by atoms with Gasteiger partial charge in [-0.05, 0) is 31.6 Å². The van der Waals surface area contributed by atoms with Crippen molar-refractivity contribution >= 4 is 11.6 Å². The maximum Gasteiger partial charge on any atom is 0.158 e. The summed E-state index contributed by atoms with van der Waals surface area (Å²) < 4.78 is 5.12. The van der Waals surface area contributed by atoms with Crippen LogP contribution < -0.4 is 16.2 Å². The monoisotopic (exact) mass is 293 g/mol. The molecule has 1 saturated carbocycles. The first-order valence-electron chi connectivity index (χ1n) is 7.74. The van der Waals surface area contributed by atoms with Crippen molar-refractivity contribution in [2.75, 3.05) is 24.5 Å². The van der Waals surface area contributed by atoms with E-state index in [1.54, 1.807) is 7.11 Å². The second-order valence-corrected chi connectivity index (χ2v) is 5.80. The third kappa shape index (κ3) is 4.04. The number of aromatic nitrogens is 2. The van der Waals surface area contributed by atoms with Crippen LogP contribution in [-0.4, -0.2) is 30.2 Å². The maximum absolute atomic E-state index is 5.50. The average Bonchev–Trinajstić information content (AvgIpc) is 2.54. The number of hydrogen-bond acceptors (Lipinski definition) is 6. The Morgan fingerprint density at radius 2 is 2.05 bits per heavy atom. The summed E-state index contributed by atoms with van der Waals surface area (Å²) in [4.78, 5) is 11.1. The van der Waals surface area contributed by atoms with Gasteiger partial charge in [-0.3, -0.25) is 0 Å². The zero-order valence-corrected chi connectivity index (χ0v) is 13.3. The molecule has 2 rings (SSSR count). The van der Waals surface area contributed by atoms with Gasteiger partial charge in [0.25, 0.3) is 0 Å². The van der Waals surface area contributed by atoms with E-state index in [9.17, 15) is 0 Å². The minimum absolute atomic E-state index is 0.388. The molecule has 1 aliphatic carbocycles. The summed E-state index contributed by atoms with van der Waals surface area (Å²) in [6.07, 6.45) is 6.37. The second kappa shape index (κ2) is 7.56. The minimum Gasteiger partial charge on any atom is -0.377 e. The first kappa shape index (κ1) is 16.0. The lowest BCUT2D eigenvalue weighted by Gasteiger charge is -2.35. The Morgan fingerprint density at radius 3 is 2.62 bits per heavy atom. The Bertz CT molecular complexity index is 446. The summed E-state index contributed by atoms with van der Waals surface area (Å²) in [5.74, 6) is 8.58. The molecule has 1 aromatic rings. The highest BCUT2D eigenvalue weighted by Crippen LogP contribution is 2.31. The smallest absolute Gasteiger partial charge is 0.158 e. The molecular weight excluding hydrogens is 266 g/mol. The Morgan fingerprint density at radius 1 is 1.33 bits per heavy atom. The quantitative estimate of drug-likeness (QED) is 0.619. The van der Waals surface area contributed by atoms with Gasteiger partial charge in [0.05, 0.1) is 0 Å². The first-order chi connectivity index (χ1) is 10.2. The topological polar surface area (TPSA) is 76.3 Å². The molecule has 0 atom stereocenters. The van der Waals surface area contributed by atoms with Crippen molar-refractivity contribution in [2.45, 2.75) is 51.7 Å². The fourth-order valence-corrected chi connectivity index (χ4v) is 3.06. The van der Waals surface area contributed by atoms with Gasteiger partial charge in [0.2, 0.25) is 0 Å². The van der Waals surface area contributed by atoms with E-state index in [2.05, 4.69) is 34.3 Å². The summed E-state index contributed by atoms with van der Waals surface area (Å²) >= 11 is 0. The molecule has 0 bridgehead atoms. The van der Waals surface area contributed by atoms with Gasteiger partial charge in [0.15, 0.2) is 5.82 Å². The summed E-state index contributed by atoms with van der Waals surface area (Å²) in [7, 11) is 3.75. The lowest BCUT2D eigenvalue weighted by Crippen LogP contribution is -2.36. The molecule has 0 saturated heterocycles. The van der Waals surface area contributed by atoms with Crippen LogP contribution in [0.25, 0.3) is 0 Å². The summed E-state index contributed by atoms with van der Waals surface area (Å²) in [5.41, 5.74) is 2.61. The molecule has 1 aromatic heterocycles. The van der Waals surface area contributed by atoms with Crippen LogP contribution >= 0.6 is 0 Å². The largest absolute Gasteiger partial charge is 0.377 e. The molecule has 1 fully saturated rings. The number of nitrogen functional groups attached to an aromatic ring is 1. The molecule has 0 unspecified atom stereocenters. The molecule has 6 nitrogen and oxygen atoms in total. The van der Waals surface area contributed by atoms with E-state index in [-0.39, 0.29) is 0 Å². The third-order valence-electron chi connectivity index (χ3n) is 4.48. The molecule has 0 radical (unpaired) electrons. The van der Waals surface area contributed by atoms with Gasteiger partial charge in [-0.15, -0.1) is 0 Å². The molecule has 1 aliphatic rings. The molecule has 21 heavy (non-hydrogen) atoms. The van der Waals surface area contributed by atoms with Gasteiger partial charge in [-0.2, -0.15) is 0 Å². The van der Waals surface area contributed by atoms with E-state index in [0.29, 0.717) is 24.3 Å². The number of ether oxygens (including phenoxy) is 1. The zero-order valence-electron chi connectivity index (χ0n) is 13.3. The van der Waals surface area contributed by atoms with Crippen molar-refractivity contribution in [3.05, 3.63) is 11.9 Å². The number of hydrogen-bond donors (Lipinski definition) is 2. The van der Waals surface area contributed by atoms with E-state index in [4.69, 9.17) is 10.6 Å². The number of nitrogens with one attached hydrogen (secondary N) is 1. The van der Waals surface area contributed by atoms with Crippen molar-refractivity contribution in [1.82, 2.24) is 9.97 Å². The highest BCUT2D eigenvalue weighted by molar-refractivity contribution is 5.49. The van der Waals surface area contributed by atoms with Gasteiger partial charge >= 0.3 is 0 Å². The van der Waals surface area contributed by atoms with Gasteiger partial charge in [0, 0.05) is 26.3 Å². The summed E-state index contributed by atoms with van der Waals surface area (Å²) in [5, 5.41) is 0.